The van der Waals surface area contributed by atoms with Gasteiger partial charge in [-0.25, -0.2) is 0 Å². The summed E-state index contributed by atoms with van der Waals surface area (Å²) in [5.74, 6) is 0. The molecule has 0 atom stereocenters. The standard InChI is InChI=1S/C8H7N.3C2H6/c9-7-6-8-4-2-1-3-5-8;3*1-2/h1-5H,6H2;3*1-2H3. The summed E-state index contributed by atoms with van der Waals surface area (Å²) in [6, 6.07) is 11.8. The van der Waals surface area contributed by atoms with Crippen molar-refractivity contribution in [2.24, 2.45) is 0 Å². The molecule has 0 heterocycles. The molecule has 1 aromatic rings. The molecule has 0 aliphatic carbocycles. The molecule has 0 saturated heterocycles. The lowest BCUT2D eigenvalue weighted by Crippen LogP contribution is -1.76. The van der Waals surface area contributed by atoms with Gasteiger partial charge in [-0.1, -0.05) is 71.9 Å². The highest BCUT2D eigenvalue weighted by atomic mass is 14.2. The minimum Gasteiger partial charge on any atom is -0.198 e. The summed E-state index contributed by atoms with van der Waals surface area (Å²) in [6.07, 6.45) is 0.515. The van der Waals surface area contributed by atoms with E-state index in [1.54, 1.807) is 0 Å². The predicted octanol–water partition coefficient (Wildman–Crippen LogP) is 4.83. The topological polar surface area (TPSA) is 23.8 Å². The lowest BCUT2D eigenvalue weighted by Gasteiger charge is -1.88. The van der Waals surface area contributed by atoms with Crippen LogP contribution in [0.5, 0.6) is 0 Å². The molecule has 0 radical (unpaired) electrons. The van der Waals surface area contributed by atoms with Crippen molar-refractivity contribution in [2.45, 2.75) is 48.0 Å². The van der Waals surface area contributed by atoms with E-state index in [0.29, 0.717) is 6.42 Å². The molecule has 0 N–H and O–H groups in total. The number of hydrogen-bond donors (Lipinski definition) is 0. The van der Waals surface area contributed by atoms with Gasteiger partial charge < -0.3 is 0 Å². The number of benzene rings is 1. The SMILES string of the molecule is CC.CC.CC.N#CCc1ccccc1. The lowest BCUT2D eigenvalue weighted by molar-refractivity contribution is 1.26. The van der Waals surface area contributed by atoms with Gasteiger partial charge in [0, 0.05) is 0 Å². The second kappa shape index (κ2) is 23.0. The van der Waals surface area contributed by atoms with E-state index >= 15 is 0 Å². The van der Waals surface area contributed by atoms with Crippen LogP contribution in [0, 0.1) is 11.3 Å². The van der Waals surface area contributed by atoms with Gasteiger partial charge >= 0.3 is 0 Å². The maximum Gasteiger partial charge on any atom is 0.0669 e. The largest absolute Gasteiger partial charge is 0.198 e. The Balaban J connectivity index is -0.000000208. The van der Waals surface area contributed by atoms with Crippen LogP contribution >= 0.6 is 0 Å². The Labute approximate surface area is 95.8 Å². The van der Waals surface area contributed by atoms with Crippen molar-refractivity contribution in [1.82, 2.24) is 0 Å². The van der Waals surface area contributed by atoms with Gasteiger partial charge in [-0.3, -0.25) is 0 Å². The fraction of sp³-hybridized carbons (Fsp3) is 0.500. The molecule has 86 valence electrons. The van der Waals surface area contributed by atoms with E-state index in [1.165, 1.54) is 0 Å². The molecule has 1 heteroatoms. The molecule has 0 fully saturated rings. The van der Waals surface area contributed by atoms with Crippen LogP contribution in [0.1, 0.15) is 47.1 Å². The zero-order valence-electron chi connectivity index (χ0n) is 11.0. The minimum absolute atomic E-state index is 0.515. The highest BCUT2D eigenvalue weighted by Crippen LogP contribution is 1.96. The third-order valence-electron chi connectivity index (χ3n) is 1.13. The fourth-order valence-electron chi connectivity index (χ4n) is 0.687. The van der Waals surface area contributed by atoms with Gasteiger partial charge in [0.2, 0.25) is 0 Å². The fourth-order valence-corrected chi connectivity index (χ4v) is 0.687. The van der Waals surface area contributed by atoms with Gasteiger partial charge in [0.05, 0.1) is 12.5 Å². The van der Waals surface area contributed by atoms with Gasteiger partial charge in [-0.2, -0.15) is 5.26 Å². The number of hydrogen-bond acceptors (Lipinski definition) is 1. The highest BCUT2D eigenvalue weighted by Gasteiger charge is 1.84. The normalized spacial score (nSPS) is 6.20. The molecule has 0 bridgehead atoms. The van der Waals surface area contributed by atoms with Crippen molar-refractivity contribution in [3.8, 4) is 6.07 Å². The second-order valence-corrected chi connectivity index (χ2v) is 1.82. The number of rotatable bonds is 1. The molecule has 0 aliphatic rings. The summed E-state index contributed by atoms with van der Waals surface area (Å²) in [4.78, 5) is 0. The van der Waals surface area contributed by atoms with Crippen LogP contribution in [0.2, 0.25) is 0 Å². The third kappa shape index (κ3) is 15.5. The predicted molar refractivity (Wildman–Crippen MR) is 69.8 cm³/mol. The molecule has 1 nitrogen and oxygen atoms in total. The minimum atomic E-state index is 0.515. The molecule has 0 spiro atoms. The van der Waals surface area contributed by atoms with Crippen LogP contribution in [-0.4, -0.2) is 0 Å². The second-order valence-electron chi connectivity index (χ2n) is 1.82. The summed E-state index contributed by atoms with van der Waals surface area (Å²) in [7, 11) is 0. The Morgan fingerprint density at radius 2 is 1.27 bits per heavy atom. The zero-order chi connectivity index (χ0) is 12.5. The van der Waals surface area contributed by atoms with Gasteiger partial charge in [-0.05, 0) is 5.56 Å². The maximum absolute atomic E-state index is 8.27. The average Bonchev–Trinajstić information content (AvgIpc) is 2.38. The van der Waals surface area contributed by atoms with E-state index in [0.717, 1.165) is 5.56 Å². The summed E-state index contributed by atoms with van der Waals surface area (Å²) in [5.41, 5.74) is 1.08. The maximum atomic E-state index is 8.27. The Morgan fingerprint density at radius 1 is 0.867 bits per heavy atom. The third-order valence-corrected chi connectivity index (χ3v) is 1.13. The number of nitrogens with zero attached hydrogens (tertiary/aromatic N) is 1. The Hall–Kier alpha value is -1.29. The first kappa shape index (κ1) is 19.3. The van der Waals surface area contributed by atoms with Crippen molar-refractivity contribution in [3.63, 3.8) is 0 Å². The van der Waals surface area contributed by atoms with Gasteiger partial charge in [-0.15, -0.1) is 0 Å². The van der Waals surface area contributed by atoms with Crippen LogP contribution in [0.3, 0.4) is 0 Å². The summed E-state index contributed by atoms with van der Waals surface area (Å²) < 4.78 is 0. The molecule has 0 amide bonds. The van der Waals surface area contributed by atoms with Crippen molar-refractivity contribution in [1.29, 1.82) is 5.26 Å². The van der Waals surface area contributed by atoms with E-state index in [9.17, 15) is 0 Å². The van der Waals surface area contributed by atoms with E-state index in [2.05, 4.69) is 6.07 Å². The summed E-state index contributed by atoms with van der Waals surface area (Å²) >= 11 is 0. The molecule has 0 aromatic heterocycles. The smallest absolute Gasteiger partial charge is 0.0669 e. The first-order valence-electron chi connectivity index (χ1n) is 5.84. The van der Waals surface area contributed by atoms with Crippen molar-refractivity contribution < 1.29 is 0 Å². The quantitative estimate of drug-likeness (QED) is 0.647. The van der Waals surface area contributed by atoms with Crippen LogP contribution in [0.25, 0.3) is 0 Å². The van der Waals surface area contributed by atoms with Gasteiger partial charge in [0.15, 0.2) is 0 Å². The summed E-state index contributed by atoms with van der Waals surface area (Å²) in [5, 5.41) is 8.27. The van der Waals surface area contributed by atoms with E-state index in [1.807, 2.05) is 71.9 Å². The number of nitriles is 1. The van der Waals surface area contributed by atoms with Crippen molar-refractivity contribution in [3.05, 3.63) is 35.9 Å². The van der Waals surface area contributed by atoms with Gasteiger partial charge in [0.1, 0.15) is 0 Å². The molecule has 0 saturated carbocycles. The molecule has 15 heavy (non-hydrogen) atoms. The van der Waals surface area contributed by atoms with Crippen molar-refractivity contribution >= 4 is 0 Å². The van der Waals surface area contributed by atoms with Crippen LogP contribution in [0.15, 0.2) is 30.3 Å². The summed E-state index contributed by atoms with van der Waals surface area (Å²) in [6.45, 7) is 12.0. The molecule has 1 aromatic carbocycles. The monoisotopic (exact) mass is 207 g/mol. The Bertz CT molecular complexity index is 209. The molecular weight excluding hydrogens is 182 g/mol. The average molecular weight is 207 g/mol. The van der Waals surface area contributed by atoms with Crippen LogP contribution in [0.4, 0.5) is 0 Å². The first-order chi connectivity index (χ1) is 7.43. The highest BCUT2D eigenvalue weighted by molar-refractivity contribution is 5.17. The zero-order valence-corrected chi connectivity index (χ0v) is 11.0. The van der Waals surface area contributed by atoms with Gasteiger partial charge in [0.25, 0.3) is 0 Å². The molecule has 0 aliphatic heterocycles. The molecular formula is C14H25N. The van der Waals surface area contributed by atoms with Crippen LogP contribution in [-0.2, 0) is 6.42 Å². The Kier molecular flexibility index (Phi) is 29.6. The first-order valence-corrected chi connectivity index (χ1v) is 5.84. The van der Waals surface area contributed by atoms with Crippen LogP contribution < -0.4 is 0 Å². The van der Waals surface area contributed by atoms with Crippen molar-refractivity contribution in [2.75, 3.05) is 0 Å². The Morgan fingerprint density at radius 3 is 1.60 bits per heavy atom. The molecule has 0 unspecified atom stereocenters. The molecule has 1 rings (SSSR count). The van der Waals surface area contributed by atoms with E-state index in [-0.39, 0.29) is 0 Å². The van der Waals surface area contributed by atoms with E-state index < -0.39 is 0 Å². The van der Waals surface area contributed by atoms with E-state index in [4.69, 9.17) is 5.26 Å². The lowest BCUT2D eigenvalue weighted by atomic mass is 10.2.